The van der Waals surface area contributed by atoms with Gasteiger partial charge in [-0.25, -0.2) is 9.78 Å². The van der Waals surface area contributed by atoms with E-state index in [2.05, 4.69) is 38.5 Å². The van der Waals surface area contributed by atoms with Crippen molar-refractivity contribution in [2.24, 2.45) is 0 Å². The van der Waals surface area contributed by atoms with E-state index in [0.29, 0.717) is 13.1 Å². The molecule has 128 valence electrons. The molecule has 1 aliphatic heterocycles. The topological polar surface area (TPSA) is 60.5 Å². The number of likely N-dealkylation sites (N-methyl/N-ethyl adjacent to an activating group) is 1. The van der Waals surface area contributed by atoms with E-state index in [1.165, 1.54) is 0 Å². The summed E-state index contributed by atoms with van der Waals surface area (Å²) in [4.78, 5) is 22.1. The van der Waals surface area contributed by atoms with Gasteiger partial charge in [-0.05, 0) is 36.2 Å². The molecule has 2 amide bonds. The minimum absolute atomic E-state index is 0.152. The van der Waals surface area contributed by atoms with Crippen LogP contribution in [0.3, 0.4) is 0 Å². The number of pyridine rings is 1. The monoisotopic (exact) mass is 345 g/mol. The van der Waals surface area contributed by atoms with Gasteiger partial charge in [0.25, 0.3) is 0 Å². The second-order valence-electron chi connectivity index (χ2n) is 5.93. The van der Waals surface area contributed by atoms with E-state index in [-0.39, 0.29) is 6.03 Å². The molecule has 1 saturated heterocycles. The van der Waals surface area contributed by atoms with Crippen LogP contribution in [0.2, 0.25) is 0 Å². The lowest BCUT2D eigenvalue weighted by molar-refractivity contribution is 0.240. The minimum Gasteiger partial charge on any atom is -0.354 e. The molecule has 0 atom stereocenters. The number of carbonyl (C=O) groups excluding carboxylic acids is 1. The van der Waals surface area contributed by atoms with Crippen molar-refractivity contribution in [1.82, 2.24) is 20.5 Å². The molecule has 0 unspecified atom stereocenters. The first kappa shape index (κ1) is 16.7. The highest BCUT2D eigenvalue weighted by Crippen LogP contribution is 2.14. The zero-order chi connectivity index (χ0) is 16.8. The van der Waals surface area contributed by atoms with Gasteiger partial charge in [-0.15, -0.1) is 11.3 Å². The maximum atomic E-state index is 11.9. The molecule has 3 heterocycles. The number of thiophene rings is 1. The Morgan fingerprint density at radius 2 is 2.00 bits per heavy atom. The summed E-state index contributed by atoms with van der Waals surface area (Å²) in [7, 11) is 2.14. The van der Waals surface area contributed by atoms with Gasteiger partial charge in [0.05, 0.1) is 6.54 Å². The van der Waals surface area contributed by atoms with Crippen LogP contribution in [0.4, 0.5) is 10.6 Å². The third-order valence-electron chi connectivity index (χ3n) is 4.09. The van der Waals surface area contributed by atoms with Gasteiger partial charge in [0.2, 0.25) is 0 Å². The van der Waals surface area contributed by atoms with Crippen LogP contribution in [0.25, 0.3) is 0 Å². The quantitative estimate of drug-likeness (QED) is 0.869. The lowest BCUT2D eigenvalue weighted by Crippen LogP contribution is -2.44. The van der Waals surface area contributed by atoms with Crippen LogP contribution < -0.4 is 15.5 Å². The molecule has 24 heavy (non-hydrogen) atoms. The smallest absolute Gasteiger partial charge is 0.315 e. The predicted molar refractivity (Wildman–Crippen MR) is 97.3 cm³/mol. The van der Waals surface area contributed by atoms with Crippen LogP contribution in [0, 0.1) is 0 Å². The number of amides is 2. The van der Waals surface area contributed by atoms with E-state index >= 15 is 0 Å². The molecule has 1 aliphatic rings. The molecule has 2 N–H and O–H groups in total. The van der Waals surface area contributed by atoms with Crippen LogP contribution in [0.1, 0.15) is 10.4 Å². The summed E-state index contributed by atoms with van der Waals surface area (Å²) in [5.74, 6) is 0.987. The zero-order valence-corrected chi connectivity index (χ0v) is 14.7. The van der Waals surface area contributed by atoms with Crippen LogP contribution in [0.5, 0.6) is 0 Å². The van der Waals surface area contributed by atoms with Crippen molar-refractivity contribution in [2.45, 2.75) is 13.1 Å². The number of rotatable bonds is 5. The number of hydrogen-bond acceptors (Lipinski definition) is 5. The van der Waals surface area contributed by atoms with Gasteiger partial charge >= 0.3 is 6.03 Å². The van der Waals surface area contributed by atoms with Gasteiger partial charge in [-0.3, -0.25) is 0 Å². The number of hydrogen-bond donors (Lipinski definition) is 2. The molecule has 2 aromatic rings. The molecule has 0 spiro atoms. The molecule has 0 radical (unpaired) electrons. The molecule has 0 saturated carbocycles. The van der Waals surface area contributed by atoms with Crippen molar-refractivity contribution in [3.05, 3.63) is 46.3 Å². The standard InChI is InChI=1S/C17H23N5OS/c1-21-6-8-22(9-7-21)16-11-14(4-5-18-16)12-19-17(23)20-13-15-3-2-10-24-15/h2-5,10-11H,6-9,12-13H2,1H3,(H2,19,20,23). The molecule has 0 bridgehead atoms. The maximum absolute atomic E-state index is 11.9. The Morgan fingerprint density at radius 1 is 1.21 bits per heavy atom. The van der Waals surface area contributed by atoms with E-state index in [1.54, 1.807) is 11.3 Å². The minimum atomic E-state index is -0.152. The van der Waals surface area contributed by atoms with Crippen LogP contribution in [-0.2, 0) is 13.1 Å². The Morgan fingerprint density at radius 3 is 2.75 bits per heavy atom. The molecular weight excluding hydrogens is 322 g/mol. The van der Waals surface area contributed by atoms with Crippen molar-refractivity contribution >= 4 is 23.2 Å². The maximum Gasteiger partial charge on any atom is 0.315 e. The van der Waals surface area contributed by atoms with E-state index in [4.69, 9.17) is 0 Å². The van der Waals surface area contributed by atoms with Crippen molar-refractivity contribution in [3.63, 3.8) is 0 Å². The number of piperazine rings is 1. The lowest BCUT2D eigenvalue weighted by atomic mass is 10.2. The number of aromatic nitrogens is 1. The lowest BCUT2D eigenvalue weighted by Gasteiger charge is -2.33. The third kappa shape index (κ3) is 4.69. The van der Waals surface area contributed by atoms with Gasteiger partial charge < -0.3 is 20.4 Å². The Hall–Kier alpha value is -2.12. The number of nitrogens with zero attached hydrogens (tertiary/aromatic N) is 3. The fraction of sp³-hybridized carbons (Fsp3) is 0.412. The van der Waals surface area contributed by atoms with Gasteiger partial charge in [0, 0.05) is 43.8 Å². The summed E-state index contributed by atoms with van der Waals surface area (Å²) in [5, 5.41) is 7.77. The number of carbonyl (C=O) groups is 1. The average molecular weight is 345 g/mol. The average Bonchev–Trinajstić information content (AvgIpc) is 3.13. The summed E-state index contributed by atoms with van der Waals surface area (Å²) >= 11 is 1.64. The number of urea groups is 1. The first-order valence-corrected chi connectivity index (χ1v) is 9.01. The second kappa shape index (κ2) is 8.12. The Labute approximate surface area is 146 Å². The fourth-order valence-electron chi connectivity index (χ4n) is 2.60. The van der Waals surface area contributed by atoms with Gasteiger partial charge in [-0.1, -0.05) is 6.07 Å². The van der Waals surface area contributed by atoms with Crippen LogP contribution in [0.15, 0.2) is 35.8 Å². The van der Waals surface area contributed by atoms with Crippen LogP contribution >= 0.6 is 11.3 Å². The molecule has 1 fully saturated rings. The second-order valence-corrected chi connectivity index (χ2v) is 6.96. The normalized spacial score (nSPS) is 15.3. The number of nitrogens with one attached hydrogen (secondary N) is 2. The highest BCUT2D eigenvalue weighted by molar-refractivity contribution is 7.09. The van der Waals surface area contributed by atoms with Crippen molar-refractivity contribution in [3.8, 4) is 0 Å². The first-order chi connectivity index (χ1) is 11.7. The summed E-state index contributed by atoms with van der Waals surface area (Å²) < 4.78 is 0. The van der Waals surface area contributed by atoms with E-state index in [9.17, 15) is 4.79 Å². The number of anilines is 1. The highest BCUT2D eigenvalue weighted by Gasteiger charge is 2.15. The van der Waals surface area contributed by atoms with Crippen molar-refractivity contribution < 1.29 is 4.79 Å². The fourth-order valence-corrected chi connectivity index (χ4v) is 3.25. The summed E-state index contributed by atoms with van der Waals surface area (Å²) in [6.07, 6.45) is 1.81. The largest absolute Gasteiger partial charge is 0.354 e. The summed E-state index contributed by atoms with van der Waals surface area (Å²) in [5.41, 5.74) is 1.06. The Kier molecular flexibility index (Phi) is 5.66. The third-order valence-corrected chi connectivity index (χ3v) is 4.97. The van der Waals surface area contributed by atoms with E-state index in [1.807, 2.05) is 29.8 Å². The molecule has 2 aromatic heterocycles. The molecule has 7 heteroatoms. The SMILES string of the molecule is CN1CCN(c2cc(CNC(=O)NCc3cccs3)ccn2)CC1. The predicted octanol–water partition coefficient (Wildman–Crippen LogP) is 1.89. The Balaban J connectivity index is 1.48. The Bertz CT molecular complexity index is 653. The van der Waals surface area contributed by atoms with Crippen molar-refractivity contribution in [1.29, 1.82) is 0 Å². The molecule has 0 aromatic carbocycles. The molecular formula is C17H23N5OS. The molecule has 6 nitrogen and oxygen atoms in total. The van der Waals surface area contributed by atoms with Gasteiger partial charge in [0.1, 0.15) is 5.82 Å². The molecule has 0 aliphatic carbocycles. The summed E-state index contributed by atoms with van der Waals surface area (Å²) in [6, 6.07) is 7.85. The highest BCUT2D eigenvalue weighted by atomic mass is 32.1. The van der Waals surface area contributed by atoms with E-state index in [0.717, 1.165) is 42.4 Å². The zero-order valence-electron chi connectivity index (χ0n) is 13.9. The van der Waals surface area contributed by atoms with E-state index < -0.39 is 0 Å². The van der Waals surface area contributed by atoms with Gasteiger partial charge in [-0.2, -0.15) is 0 Å². The summed E-state index contributed by atoms with van der Waals surface area (Å²) in [6.45, 7) is 5.14. The molecule has 3 rings (SSSR count). The van der Waals surface area contributed by atoms with Gasteiger partial charge in [0.15, 0.2) is 0 Å². The van der Waals surface area contributed by atoms with Crippen LogP contribution in [-0.4, -0.2) is 49.1 Å². The first-order valence-electron chi connectivity index (χ1n) is 8.13. The van der Waals surface area contributed by atoms with Crippen molar-refractivity contribution in [2.75, 3.05) is 38.1 Å².